The number of hydrogen-bond donors (Lipinski definition) is 2. The Morgan fingerprint density at radius 1 is 1.59 bits per heavy atom. The molecule has 1 heterocycles. The fourth-order valence-electron chi connectivity index (χ4n) is 1.30. The zero-order valence-corrected chi connectivity index (χ0v) is 8.94. The maximum Gasteiger partial charge on any atom is 0.405 e. The van der Waals surface area contributed by atoms with Crippen molar-refractivity contribution in [1.29, 1.82) is 0 Å². The fourth-order valence-corrected chi connectivity index (χ4v) is 1.30. The van der Waals surface area contributed by atoms with Gasteiger partial charge in [0.15, 0.2) is 5.84 Å². The molecule has 0 spiro atoms. The second-order valence-electron chi connectivity index (χ2n) is 3.33. The fraction of sp³-hybridized carbons (Fsp3) is 0.333. The number of halogens is 3. The number of alkyl halides is 3. The van der Waals surface area contributed by atoms with Crippen molar-refractivity contribution < 1.29 is 18.4 Å². The molecule has 1 aromatic heterocycles. The van der Waals surface area contributed by atoms with Crippen molar-refractivity contribution in [3.05, 3.63) is 23.9 Å². The van der Waals surface area contributed by atoms with Gasteiger partial charge in [0.2, 0.25) is 0 Å². The molecule has 0 saturated heterocycles. The molecule has 0 bridgehead atoms. The van der Waals surface area contributed by atoms with Crippen LogP contribution in [0.5, 0.6) is 0 Å². The maximum atomic E-state index is 12.2. The second-order valence-corrected chi connectivity index (χ2v) is 3.33. The Balaban J connectivity index is 3.05. The van der Waals surface area contributed by atoms with E-state index < -0.39 is 12.7 Å². The van der Waals surface area contributed by atoms with Gasteiger partial charge in [0, 0.05) is 13.2 Å². The lowest BCUT2D eigenvalue weighted by atomic mass is 10.2. The summed E-state index contributed by atoms with van der Waals surface area (Å²) in [7, 11) is 1.23. The number of pyridine rings is 1. The van der Waals surface area contributed by atoms with Crippen LogP contribution in [0, 0.1) is 0 Å². The molecule has 0 atom stereocenters. The molecule has 0 saturated carbocycles. The first-order valence-electron chi connectivity index (χ1n) is 4.56. The molecule has 5 nitrogen and oxygen atoms in total. The molecule has 1 rings (SSSR count). The molecular formula is C9H11F3N4O. The largest absolute Gasteiger partial charge is 0.409 e. The van der Waals surface area contributed by atoms with E-state index in [1.165, 1.54) is 25.4 Å². The summed E-state index contributed by atoms with van der Waals surface area (Å²) < 4.78 is 36.7. The van der Waals surface area contributed by atoms with Crippen LogP contribution in [0.4, 0.5) is 19.0 Å². The molecular weight excluding hydrogens is 237 g/mol. The number of amidine groups is 1. The molecule has 0 unspecified atom stereocenters. The average molecular weight is 248 g/mol. The molecule has 0 aliphatic heterocycles. The molecule has 0 radical (unpaired) electrons. The Labute approximate surface area is 95.4 Å². The monoisotopic (exact) mass is 248 g/mol. The van der Waals surface area contributed by atoms with E-state index in [0.717, 1.165) is 4.90 Å². The highest BCUT2D eigenvalue weighted by Gasteiger charge is 2.30. The van der Waals surface area contributed by atoms with Gasteiger partial charge in [-0.2, -0.15) is 13.2 Å². The van der Waals surface area contributed by atoms with Crippen molar-refractivity contribution in [2.45, 2.75) is 6.18 Å². The summed E-state index contributed by atoms with van der Waals surface area (Å²) in [4.78, 5) is 4.67. The van der Waals surface area contributed by atoms with Crippen molar-refractivity contribution in [3.63, 3.8) is 0 Å². The quantitative estimate of drug-likeness (QED) is 0.364. The number of oxime groups is 1. The minimum atomic E-state index is -4.35. The highest BCUT2D eigenvalue weighted by Crippen LogP contribution is 2.21. The summed E-state index contributed by atoms with van der Waals surface area (Å²) in [5.41, 5.74) is 5.49. The van der Waals surface area contributed by atoms with Crippen LogP contribution < -0.4 is 10.6 Å². The zero-order valence-electron chi connectivity index (χ0n) is 8.94. The summed E-state index contributed by atoms with van der Waals surface area (Å²) in [5.74, 6) is -0.290. The van der Waals surface area contributed by atoms with Crippen molar-refractivity contribution in [2.24, 2.45) is 10.9 Å². The number of anilines is 1. The lowest BCUT2D eigenvalue weighted by Crippen LogP contribution is -2.33. The van der Waals surface area contributed by atoms with Gasteiger partial charge in [0.25, 0.3) is 0 Å². The van der Waals surface area contributed by atoms with Crippen LogP contribution in [0.2, 0.25) is 0 Å². The number of rotatable bonds is 3. The highest BCUT2D eigenvalue weighted by molar-refractivity contribution is 6.01. The number of aromatic nitrogens is 1. The molecule has 8 heteroatoms. The molecule has 0 amide bonds. The van der Waals surface area contributed by atoms with Crippen molar-refractivity contribution in [2.75, 3.05) is 18.5 Å². The van der Waals surface area contributed by atoms with Crippen LogP contribution in [0.25, 0.3) is 0 Å². The number of hydrogen-bond acceptors (Lipinski definition) is 4. The SMILES string of the molecule is CN(CC(F)(F)F)c1ncccc1/C(N)=N/O. The standard InChI is InChI=1S/C9H11F3N4O/c1-16(5-9(10,11)12)8-6(7(13)15-17)3-2-4-14-8/h2-4,17H,5H2,1H3,(H2,13,15). The summed E-state index contributed by atoms with van der Waals surface area (Å²) >= 11 is 0. The molecule has 17 heavy (non-hydrogen) atoms. The van der Waals surface area contributed by atoms with Crippen molar-refractivity contribution >= 4 is 11.7 Å². The van der Waals surface area contributed by atoms with E-state index in [1.54, 1.807) is 0 Å². The smallest absolute Gasteiger partial charge is 0.405 e. The minimum Gasteiger partial charge on any atom is -0.409 e. The Morgan fingerprint density at radius 3 is 2.76 bits per heavy atom. The van der Waals surface area contributed by atoms with Gasteiger partial charge < -0.3 is 15.8 Å². The topological polar surface area (TPSA) is 74.7 Å². The first-order chi connectivity index (χ1) is 7.85. The zero-order chi connectivity index (χ0) is 13.1. The first-order valence-corrected chi connectivity index (χ1v) is 4.56. The van der Waals surface area contributed by atoms with Gasteiger partial charge in [-0.25, -0.2) is 4.98 Å². The van der Waals surface area contributed by atoms with Gasteiger partial charge in [-0.1, -0.05) is 5.16 Å². The van der Waals surface area contributed by atoms with E-state index in [-0.39, 0.29) is 17.2 Å². The third-order valence-corrected chi connectivity index (χ3v) is 1.95. The maximum absolute atomic E-state index is 12.2. The Bertz CT molecular complexity index is 419. The third-order valence-electron chi connectivity index (χ3n) is 1.95. The summed E-state index contributed by atoms with van der Waals surface area (Å²) in [6, 6.07) is 2.91. The van der Waals surface area contributed by atoms with Crippen LogP contribution in [0.3, 0.4) is 0 Å². The Kier molecular flexibility index (Phi) is 3.77. The average Bonchev–Trinajstić information content (AvgIpc) is 2.25. The molecule has 3 N–H and O–H groups in total. The number of nitrogens with zero attached hydrogens (tertiary/aromatic N) is 3. The molecule has 94 valence electrons. The lowest BCUT2D eigenvalue weighted by Gasteiger charge is -2.21. The van der Waals surface area contributed by atoms with E-state index >= 15 is 0 Å². The van der Waals surface area contributed by atoms with Gasteiger partial charge in [0.05, 0.1) is 5.56 Å². The van der Waals surface area contributed by atoms with Gasteiger partial charge in [-0.15, -0.1) is 0 Å². The molecule has 1 aromatic rings. The van der Waals surface area contributed by atoms with Crippen molar-refractivity contribution in [1.82, 2.24) is 4.98 Å². The Morgan fingerprint density at radius 2 is 2.24 bits per heavy atom. The summed E-state index contributed by atoms with van der Waals surface area (Å²) in [6.07, 6.45) is -3.02. The highest BCUT2D eigenvalue weighted by atomic mass is 19.4. The molecule has 0 fully saturated rings. The summed E-state index contributed by atoms with van der Waals surface area (Å²) in [6.45, 7) is -1.17. The van der Waals surface area contributed by atoms with Gasteiger partial charge in [-0.05, 0) is 12.1 Å². The van der Waals surface area contributed by atoms with E-state index in [2.05, 4.69) is 10.1 Å². The van der Waals surface area contributed by atoms with Crippen LogP contribution in [-0.2, 0) is 0 Å². The van der Waals surface area contributed by atoms with Gasteiger partial charge in [-0.3, -0.25) is 0 Å². The third kappa shape index (κ3) is 3.51. The van der Waals surface area contributed by atoms with Gasteiger partial charge >= 0.3 is 6.18 Å². The molecule has 0 aliphatic rings. The van der Waals surface area contributed by atoms with Crippen LogP contribution in [0.15, 0.2) is 23.5 Å². The van der Waals surface area contributed by atoms with E-state index in [0.29, 0.717) is 0 Å². The predicted octanol–water partition coefficient (Wildman–Crippen LogP) is 1.17. The van der Waals surface area contributed by atoms with E-state index in [1.807, 2.05) is 0 Å². The van der Waals surface area contributed by atoms with Crippen LogP contribution in [0.1, 0.15) is 5.56 Å². The Hall–Kier alpha value is -1.99. The molecule has 0 aliphatic carbocycles. The van der Waals surface area contributed by atoms with Gasteiger partial charge in [0.1, 0.15) is 12.4 Å². The lowest BCUT2D eigenvalue weighted by molar-refractivity contribution is -0.119. The first kappa shape index (κ1) is 13.1. The van der Waals surface area contributed by atoms with E-state index in [9.17, 15) is 13.2 Å². The van der Waals surface area contributed by atoms with E-state index in [4.69, 9.17) is 10.9 Å². The van der Waals surface area contributed by atoms with Crippen molar-refractivity contribution in [3.8, 4) is 0 Å². The number of nitrogens with two attached hydrogens (primary N) is 1. The van der Waals surface area contributed by atoms with Crippen LogP contribution in [-0.4, -0.2) is 35.8 Å². The summed E-state index contributed by atoms with van der Waals surface area (Å²) in [5, 5.41) is 11.3. The minimum absolute atomic E-state index is 0.000116. The predicted molar refractivity (Wildman–Crippen MR) is 56.1 cm³/mol. The van der Waals surface area contributed by atoms with Crippen LogP contribution >= 0.6 is 0 Å². The normalized spacial score (nSPS) is 12.6. The molecule has 0 aromatic carbocycles. The second kappa shape index (κ2) is 4.89.